The van der Waals surface area contributed by atoms with Crippen molar-refractivity contribution in [3.8, 4) is 0 Å². The van der Waals surface area contributed by atoms with E-state index in [1.807, 2.05) is 20.8 Å². The van der Waals surface area contributed by atoms with Crippen LogP contribution in [0.2, 0.25) is 0 Å². The smallest absolute Gasteiger partial charge is 0.270 e. The van der Waals surface area contributed by atoms with Gasteiger partial charge in [0, 0.05) is 11.3 Å². The van der Waals surface area contributed by atoms with Crippen LogP contribution in [0, 0.1) is 0 Å². The first-order chi connectivity index (χ1) is 7.09. The molecule has 0 spiro atoms. The van der Waals surface area contributed by atoms with Gasteiger partial charge in [-0.15, -0.1) is 0 Å². The highest BCUT2D eigenvalue weighted by atomic mass is 16.1. The lowest BCUT2D eigenvalue weighted by Crippen LogP contribution is -2.35. The first kappa shape index (κ1) is 13.1. The largest absolute Gasteiger partial charge is 0.299 e. The zero-order valence-corrected chi connectivity index (χ0v) is 11.6. The van der Waals surface area contributed by atoms with Crippen LogP contribution in [0.15, 0.2) is 4.79 Å². The fourth-order valence-corrected chi connectivity index (χ4v) is 1.98. The van der Waals surface area contributed by atoms with Gasteiger partial charge in [-0.2, -0.15) is 0 Å². The van der Waals surface area contributed by atoms with E-state index in [1.165, 1.54) is 0 Å². The van der Waals surface area contributed by atoms with E-state index in [0.717, 1.165) is 17.7 Å². The molecule has 0 aliphatic heterocycles. The van der Waals surface area contributed by atoms with Crippen molar-refractivity contribution in [1.29, 1.82) is 0 Å². The maximum absolute atomic E-state index is 12.4. The Kier molecular flexibility index (Phi) is 3.10. The van der Waals surface area contributed by atoms with Crippen LogP contribution in [0.1, 0.15) is 59.7 Å². The van der Waals surface area contributed by atoms with Gasteiger partial charge >= 0.3 is 0 Å². The molecule has 16 heavy (non-hydrogen) atoms. The van der Waals surface area contributed by atoms with Crippen LogP contribution in [0.4, 0.5) is 0 Å². The molecule has 1 heterocycles. The monoisotopic (exact) mass is 224 g/mol. The van der Waals surface area contributed by atoms with Crippen molar-refractivity contribution in [2.75, 3.05) is 0 Å². The summed E-state index contributed by atoms with van der Waals surface area (Å²) in [6, 6.07) is 0. The summed E-state index contributed by atoms with van der Waals surface area (Å²) in [6.07, 6.45) is 0.866. The lowest BCUT2D eigenvalue weighted by molar-refractivity contribution is 0.342. The number of nitrogens with one attached hydrogen (secondary N) is 1. The van der Waals surface area contributed by atoms with Crippen molar-refractivity contribution in [2.24, 2.45) is 0 Å². The summed E-state index contributed by atoms with van der Waals surface area (Å²) in [4.78, 5) is 12.4. The minimum Gasteiger partial charge on any atom is -0.299 e. The maximum Gasteiger partial charge on any atom is 0.270 e. The summed E-state index contributed by atoms with van der Waals surface area (Å²) in [7, 11) is 0. The highest BCUT2D eigenvalue weighted by Crippen LogP contribution is 2.23. The predicted octanol–water partition coefficient (Wildman–Crippen LogP) is 2.79. The third-order valence-corrected chi connectivity index (χ3v) is 2.74. The number of rotatable bonds is 1. The molecule has 1 N–H and O–H groups in total. The number of aromatic amines is 1. The Labute approximate surface area is 97.8 Å². The second-order valence-corrected chi connectivity index (χ2v) is 6.38. The van der Waals surface area contributed by atoms with E-state index in [-0.39, 0.29) is 16.5 Å². The van der Waals surface area contributed by atoms with Crippen molar-refractivity contribution in [2.45, 2.75) is 65.8 Å². The number of hydrogen-bond acceptors (Lipinski definition) is 1. The molecule has 0 aliphatic carbocycles. The molecule has 3 nitrogen and oxygen atoms in total. The predicted molar refractivity (Wildman–Crippen MR) is 68.1 cm³/mol. The number of nitrogens with zero attached hydrogens (tertiary/aromatic N) is 1. The highest BCUT2D eigenvalue weighted by molar-refractivity contribution is 5.26. The van der Waals surface area contributed by atoms with Crippen molar-refractivity contribution >= 4 is 0 Å². The van der Waals surface area contributed by atoms with Crippen molar-refractivity contribution in [3.05, 3.63) is 21.6 Å². The van der Waals surface area contributed by atoms with Crippen LogP contribution < -0.4 is 5.56 Å². The molecule has 0 bridgehead atoms. The quantitative estimate of drug-likeness (QED) is 0.782. The fourth-order valence-electron chi connectivity index (χ4n) is 1.98. The Morgan fingerprint density at radius 2 is 1.62 bits per heavy atom. The van der Waals surface area contributed by atoms with Gasteiger partial charge in [-0.1, -0.05) is 27.7 Å². The Balaban J connectivity index is 3.52. The Hall–Kier alpha value is -0.990. The van der Waals surface area contributed by atoms with E-state index >= 15 is 0 Å². The van der Waals surface area contributed by atoms with Crippen molar-refractivity contribution < 1.29 is 0 Å². The topological polar surface area (TPSA) is 37.8 Å². The normalized spacial score (nSPS) is 13.2. The number of H-pyrrole nitrogens is 1. The van der Waals surface area contributed by atoms with E-state index < -0.39 is 0 Å². The van der Waals surface area contributed by atoms with Gasteiger partial charge in [0.2, 0.25) is 0 Å². The molecule has 0 radical (unpaired) electrons. The maximum atomic E-state index is 12.4. The molecule has 0 fully saturated rings. The van der Waals surface area contributed by atoms with Gasteiger partial charge in [0.15, 0.2) is 0 Å². The minimum absolute atomic E-state index is 0.102. The standard InChI is InChI=1S/C13H24N2O/c1-8-9-10(12(2,3)4)11(16)15(14-9)13(5,6)7/h14H,8H2,1-7H3. The van der Waals surface area contributed by atoms with Crippen LogP contribution in [0.3, 0.4) is 0 Å². The number of aromatic nitrogens is 2. The highest BCUT2D eigenvalue weighted by Gasteiger charge is 2.28. The molecule has 0 saturated carbocycles. The summed E-state index contributed by atoms with van der Waals surface area (Å²) < 4.78 is 1.74. The third kappa shape index (κ3) is 2.23. The molecule has 3 heteroatoms. The zero-order chi connectivity index (χ0) is 12.7. The molecule has 0 aromatic carbocycles. The first-order valence-electron chi connectivity index (χ1n) is 5.94. The van der Waals surface area contributed by atoms with Gasteiger partial charge in [0.05, 0.1) is 5.54 Å². The average Bonchev–Trinajstić information content (AvgIpc) is 2.40. The van der Waals surface area contributed by atoms with Crippen molar-refractivity contribution in [1.82, 2.24) is 9.78 Å². The van der Waals surface area contributed by atoms with Crippen LogP contribution in [-0.4, -0.2) is 9.78 Å². The van der Waals surface area contributed by atoms with E-state index in [4.69, 9.17) is 0 Å². The minimum atomic E-state index is -0.190. The lowest BCUT2D eigenvalue weighted by Gasteiger charge is -2.20. The molecule has 0 aliphatic rings. The fraction of sp³-hybridized carbons (Fsp3) is 0.769. The second-order valence-electron chi connectivity index (χ2n) is 6.38. The second kappa shape index (κ2) is 3.79. The van der Waals surface area contributed by atoms with Gasteiger partial charge in [-0.25, -0.2) is 4.68 Å². The number of aryl methyl sites for hydroxylation is 1. The van der Waals surface area contributed by atoms with Crippen LogP contribution in [0.5, 0.6) is 0 Å². The van der Waals surface area contributed by atoms with Crippen molar-refractivity contribution in [3.63, 3.8) is 0 Å². The molecule has 0 saturated heterocycles. The van der Waals surface area contributed by atoms with E-state index in [0.29, 0.717) is 0 Å². The van der Waals surface area contributed by atoms with Gasteiger partial charge < -0.3 is 0 Å². The lowest BCUT2D eigenvalue weighted by atomic mass is 9.86. The number of hydrogen-bond donors (Lipinski definition) is 1. The summed E-state index contributed by atoms with van der Waals surface area (Å²) in [5, 5.41) is 3.25. The summed E-state index contributed by atoms with van der Waals surface area (Å²) in [5.74, 6) is 0. The van der Waals surface area contributed by atoms with E-state index in [1.54, 1.807) is 4.68 Å². The average molecular weight is 224 g/mol. The summed E-state index contributed by atoms with van der Waals surface area (Å²) in [6.45, 7) is 14.5. The Morgan fingerprint density at radius 3 is 1.88 bits per heavy atom. The van der Waals surface area contributed by atoms with E-state index in [2.05, 4.69) is 32.8 Å². The van der Waals surface area contributed by atoms with Crippen LogP contribution in [-0.2, 0) is 17.4 Å². The molecule has 1 aromatic rings. The zero-order valence-electron chi connectivity index (χ0n) is 11.6. The van der Waals surface area contributed by atoms with Gasteiger partial charge in [-0.3, -0.25) is 9.89 Å². The SMILES string of the molecule is CCc1[nH]n(C(C)(C)C)c(=O)c1C(C)(C)C. The van der Waals surface area contributed by atoms with Gasteiger partial charge in [-0.05, 0) is 32.6 Å². The van der Waals surface area contributed by atoms with Gasteiger partial charge in [0.1, 0.15) is 0 Å². The van der Waals surface area contributed by atoms with Gasteiger partial charge in [0.25, 0.3) is 5.56 Å². The molecule has 0 amide bonds. The van der Waals surface area contributed by atoms with Crippen LogP contribution >= 0.6 is 0 Å². The molecule has 1 aromatic heterocycles. The molecular formula is C13H24N2O. The van der Waals surface area contributed by atoms with E-state index in [9.17, 15) is 4.79 Å². The summed E-state index contributed by atoms with van der Waals surface area (Å²) in [5.41, 5.74) is 1.81. The molecule has 92 valence electrons. The Bertz CT molecular complexity index is 424. The Morgan fingerprint density at radius 1 is 1.12 bits per heavy atom. The first-order valence-corrected chi connectivity index (χ1v) is 5.94. The molecule has 0 unspecified atom stereocenters. The third-order valence-electron chi connectivity index (χ3n) is 2.74. The molecular weight excluding hydrogens is 200 g/mol. The molecule has 1 rings (SSSR count). The summed E-state index contributed by atoms with van der Waals surface area (Å²) >= 11 is 0. The molecule has 0 atom stereocenters. The van der Waals surface area contributed by atoms with Crippen LogP contribution in [0.25, 0.3) is 0 Å².